The summed E-state index contributed by atoms with van der Waals surface area (Å²) in [5.41, 5.74) is 0.628. The third-order valence-corrected chi connectivity index (χ3v) is 7.66. The number of nitrogens with zero attached hydrogens (tertiary/aromatic N) is 1. The van der Waals surface area contributed by atoms with Gasteiger partial charge in [0.05, 0.1) is 28.5 Å². The summed E-state index contributed by atoms with van der Waals surface area (Å²) >= 11 is 6.08. The van der Waals surface area contributed by atoms with E-state index >= 15 is 0 Å². The van der Waals surface area contributed by atoms with Crippen LogP contribution in [0.15, 0.2) is 58.8 Å². The summed E-state index contributed by atoms with van der Waals surface area (Å²) < 4.78 is 51.4. The van der Waals surface area contributed by atoms with Gasteiger partial charge in [0.2, 0.25) is 0 Å². The highest BCUT2D eigenvalue weighted by molar-refractivity contribution is 7.94. The first-order valence-electron chi connectivity index (χ1n) is 8.36. The van der Waals surface area contributed by atoms with Gasteiger partial charge in [0.25, 0.3) is 10.0 Å². The van der Waals surface area contributed by atoms with E-state index < -0.39 is 26.5 Å². The molecule has 2 aromatic carbocycles. The number of benzene rings is 2. The molecule has 148 valence electrons. The molecule has 3 rings (SSSR count). The van der Waals surface area contributed by atoms with Crippen LogP contribution in [0.25, 0.3) is 17.0 Å². The number of hydrogen-bond acceptors (Lipinski definition) is 5. The summed E-state index contributed by atoms with van der Waals surface area (Å²) in [5.74, 6) is -0.0925. The van der Waals surface area contributed by atoms with Crippen LogP contribution in [0.4, 0.5) is 0 Å². The Kier molecular flexibility index (Phi) is 5.67. The van der Waals surface area contributed by atoms with E-state index in [4.69, 9.17) is 11.6 Å². The van der Waals surface area contributed by atoms with E-state index in [2.05, 4.69) is 0 Å². The van der Waals surface area contributed by atoms with Gasteiger partial charge in [0.15, 0.2) is 9.84 Å². The molecule has 28 heavy (non-hydrogen) atoms. The Morgan fingerprint density at radius 2 is 1.75 bits per heavy atom. The minimum atomic E-state index is -4.05. The molecule has 0 spiro atoms. The van der Waals surface area contributed by atoms with Crippen LogP contribution in [0.2, 0.25) is 5.02 Å². The standard InChI is InChI=1S/C19H18ClNO5S2/c1-2-27(23,24)11-10-17-16-9-8-14(20)12-18(16)21(19(17)13-22)28(25,26)15-6-4-3-5-7-15/h3-12,22H,2,13H2,1H3/b11-10+. The van der Waals surface area contributed by atoms with Crippen molar-refractivity contribution in [3.8, 4) is 0 Å². The van der Waals surface area contributed by atoms with Crippen molar-refractivity contribution in [1.29, 1.82) is 0 Å². The predicted molar refractivity (Wildman–Crippen MR) is 110 cm³/mol. The lowest BCUT2D eigenvalue weighted by Crippen LogP contribution is -2.16. The SMILES string of the molecule is CCS(=O)(=O)/C=C/c1c(CO)n(S(=O)(=O)c2ccccc2)c2cc(Cl)ccc12. The highest BCUT2D eigenvalue weighted by Crippen LogP contribution is 2.33. The van der Waals surface area contributed by atoms with Gasteiger partial charge in [-0.1, -0.05) is 42.8 Å². The van der Waals surface area contributed by atoms with Gasteiger partial charge in [-0.3, -0.25) is 0 Å². The molecule has 0 atom stereocenters. The van der Waals surface area contributed by atoms with Crippen molar-refractivity contribution in [1.82, 2.24) is 3.97 Å². The topological polar surface area (TPSA) is 93.4 Å². The molecule has 0 amide bonds. The van der Waals surface area contributed by atoms with E-state index in [1.807, 2.05) is 0 Å². The number of hydrogen-bond donors (Lipinski definition) is 1. The molecule has 6 nitrogen and oxygen atoms in total. The molecule has 0 bridgehead atoms. The second-order valence-electron chi connectivity index (χ2n) is 6.02. The van der Waals surface area contributed by atoms with Crippen molar-refractivity contribution in [2.45, 2.75) is 18.4 Å². The zero-order valence-electron chi connectivity index (χ0n) is 14.9. The van der Waals surface area contributed by atoms with Crippen LogP contribution in [0.5, 0.6) is 0 Å². The van der Waals surface area contributed by atoms with Gasteiger partial charge < -0.3 is 5.11 Å². The zero-order chi connectivity index (χ0) is 20.5. The summed E-state index contributed by atoms with van der Waals surface area (Å²) in [6, 6.07) is 12.4. The highest BCUT2D eigenvalue weighted by atomic mass is 35.5. The Morgan fingerprint density at radius 1 is 1.07 bits per heavy atom. The molecule has 0 fully saturated rings. The average Bonchev–Trinajstić information content (AvgIpc) is 3.00. The number of aliphatic hydroxyl groups is 1. The molecular weight excluding hydrogens is 422 g/mol. The maximum Gasteiger partial charge on any atom is 0.268 e. The van der Waals surface area contributed by atoms with E-state index in [1.54, 1.807) is 30.3 Å². The lowest BCUT2D eigenvalue weighted by atomic mass is 10.1. The van der Waals surface area contributed by atoms with Crippen molar-refractivity contribution in [2.75, 3.05) is 5.75 Å². The third kappa shape index (κ3) is 3.73. The van der Waals surface area contributed by atoms with Crippen molar-refractivity contribution in [2.24, 2.45) is 0 Å². The van der Waals surface area contributed by atoms with E-state index in [0.717, 1.165) is 9.38 Å². The fourth-order valence-electron chi connectivity index (χ4n) is 2.89. The first-order chi connectivity index (χ1) is 13.2. The van der Waals surface area contributed by atoms with Gasteiger partial charge >= 0.3 is 0 Å². The second-order valence-corrected chi connectivity index (χ2v) is 10.4. The number of sulfone groups is 1. The molecule has 1 N–H and O–H groups in total. The third-order valence-electron chi connectivity index (χ3n) is 4.30. The molecule has 0 unspecified atom stereocenters. The normalized spacial score (nSPS) is 12.8. The summed E-state index contributed by atoms with van der Waals surface area (Å²) in [5, 5.41) is 11.8. The van der Waals surface area contributed by atoms with Gasteiger partial charge in [-0.2, -0.15) is 0 Å². The first kappa shape index (κ1) is 20.6. The Bertz CT molecular complexity index is 1260. The summed E-state index contributed by atoms with van der Waals surface area (Å²) in [4.78, 5) is 0.0401. The second kappa shape index (κ2) is 7.71. The lowest BCUT2D eigenvalue weighted by molar-refractivity contribution is 0.276. The van der Waals surface area contributed by atoms with Crippen LogP contribution < -0.4 is 0 Å². The smallest absolute Gasteiger partial charge is 0.268 e. The van der Waals surface area contributed by atoms with Gasteiger partial charge in [-0.25, -0.2) is 20.8 Å². The molecule has 0 aliphatic rings. The molecule has 3 aromatic rings. The molecule has 9 heteroatoms. The summed E-state index contributed by atoms with van der Waals surface area (Å²) in [7, 11) is -7.49. The zero-order valence-corrected chi connectivity index (χ0v) is 17.3. The van der Waals surface area contributed by atoms with Crippen molar-refractivity contribution >= 4 is 48.4 Å². The maximum absolute atomic E-state index is 13.3. The first-order valence-corrected chi connectivity index (χ1v) is 11.9. The Balaban J connectivity index is 2.39. The maximum atomic E-state index is 13.3. The minimum absolute atomic E-state index is 0.0401. The van der Waals surface area contributed by atoms with Crippen LogP contribution in [0.3, 0.4) is 0 Å². The quantitative estimate of drug-likeness (QED) is 0.635. The summed E-state index contributed by atoms with van der Waals surface area (Å²) in [6.45, 7) is 0.903. The van der Waals surface area contributed by atoms with Gasteiger partial charge in [0.1, 0.15) is 0 Å². The van der Waals surface area contributed by atoms with Gasteiger partial charge in [0, 0.05) is 21.4 Å². The van der Waals surface area contributed by atoms with Gasteiger partial charge in [-0.05, 0) is 30.3 Å². The van der Waals surface area contributed by atoms with Crippen LogP contribution in [0, 0.1) is 0 Å². The highest BCUT2D eigenvalue weighted by Gasteiger charge is 2.26. The predicted octanol–water partition coefficient (Wildman–Crippen LogP) is 3.43. The Hall–Kier alpha value is -2.13. The Labute approximate surface area is 168 Å². The van der Waals surface area contributed by atoms with Crippen LogP contribution >= 0.6 is 11.6 Å². The molecule has 0 saturated carbocycles. The molecule has 0 saturated heterocycles. The van der Waals surface area contributed by atoms with E-state index in [1.165, 1.54) is 31.2 Å². The number of halogens is 1. The largest absolute Gasteiger partial charge is 0.390 e. The number of aliphatic hydroxyl groups excluding tert-OH is 1. The van der Waals surface area contributed by atoms with Crippen molar-refractivity contribution in [3.05, 3.63) is 70.2 Å². The molecular formula is C19H18ClNO5S2. The molecule has 1 aromatic heterocycles. The number of rotatable bonds is 6. The van der Waals surface area contributed by atoms with E-state index in [9.17, 15) is 21.9 Å². The number of aromatic nitrogens is 1. The van der Waals surface area contributed by atoms with Crippen LogP contribution in [-0.2, 0) is 26.5 Å². The molecule has 0 aliphatic carbocycles. The fraction of sp³-hybridized carbons (Fsp3) is 0.158. The van der Waals surface area contributed by atoms with E-state index in [0.29, 0.717) is 16.0 Å². The molecule has 0 aliphatic heterocycles. The lowest BCUT2D eigenvalue weighted by Gasteiger charge is -2.11. The number of fused-ring (bicyclic) bond motifs is 1. The Morgan fingerprint density at radius 3 is 2.36 bits per heavy atom. The van der Waals surface area contributed by atoms with Crippen LogP contribution in [0.1, 0.15) is 18.2 Å². The van der Waals surface area contributed by atoms with Crippen LogP contribution in [-0.4, -0.2) is 31.7 Å². The average molecular weight is 440 g/mol. The van der Waals surface area contributed by atoms with Gasteiger partial charge in [-0.15, -0.1) is 0 Å². The monoisotopic (exact) mass is 439 g/mol. The fourth-order valence-corrected chi connectivity index (χ4v) is 5.16. The van der Waals surface area contributed by atoms with Crippen molar-refractivity contribution < 1.29 is 21.9 Å². The minimum Gasteiger partial charge on any atom is -0.390 e. The summed E-state index contributed by atoms with van der Waals surface area (Å²) in [6.07, 6.45) is 1.32. The molecule has 1 heterocycles. The van der Waals surface area contributed by atoms with E-state index in [-0.39, 0.29) is 21.9 Å². The van der Waals surface area contributed by atoms with Crippen molar-refractivity contribution in [3.63, 3.8) is 0 Å². The molecule has 0 radical (unpaired) electrons.